The largest absolute Gasteiger partial charge is 0.346 e. The highest BCUT2D eigenvalue weighted by Crippen LogP contribution is 2.47. The van der Waals surface area contributed by atoms with E-state index in [1.165, 1.54) is 5.56 Å². The second-order valence-electron chi connectivity index (χ2n) is 4.96. The van der Waals surface area contributed by atoms with E-state index >= 15 is 0 Å². The van der Waals surface area contributed by atoms with Crippen molar-refractivity contribution in [1.29, 1.82) is 0 Å². The average Bonchev–Trinajstić information content (AvgIpc) is 3.27. The number of amides is 1. The minimum Gasteiger partial charge on any atom is -0.346 e. The van der Waals surface area contributed by atoms with Crippen LogP contribution >= 0.6 is 0 Å². The Kier molecular flexibility index (Phi) is 3.27. The van der Waals surface area contributed by atoms with Crippen LogP contribution in [0, 0.1) is 5.92 Å². The molecule has 1 fully saturated rings. The molecular formula is C16H17N2O+. The highest BCUT2D eigenvalue weighted by Gasteiger charge is 2.43. The highest BCUT2D eigenvalue weighted by molar-refractivity contribution is 5.82. The van der Waals surface area contributed by atoms with Crippen LogP contribution < -0.4 is 10.3 Å². The maximum Gasteiger partial charge on any atom is 0.224 e. The monoisotopic (exact) mass is 253 g/mol. The number of hydrogen-bond donors (Lipinski definition) is 1. The van der Waals surface area contributed by atoms with Gasteiger partial charge in [-0.15, -0.1) is 0 Å². The summed E-state index contributed by atoms with van der Waals surface area (Å²) in [6.45, 7) is 0.567. The predicted molar refractivity (Wildman–Crippen MR) is 72.1 cm³/mol. The smallest absolute Gasteiger partial charge is 0.224 e. The van der Waals surface area contributed by atoms with Crippen LogP contribution in [0.5, 0.6) is 0 Å². The van der Waals surface area contributed by atoms with Crippen molar-refractivity contribution in [2.45, 2.75) is 18.9 Å². The second-order valence-corrected chi connectivity index (χ2v) is 4.96. The van der Waals surface area contributed by atoms with E-state index in [0.29, 0.717) is 12.5 Å². The lowest BCUT2D eigenvalue weighted by atomic mass is 10.1. The number of H-pyrrole nitrogens is 1. The van der Waals surface area contributed by atoms with Crippen LogP contribution in [0.15, 0.2) is 54.7 Å². The molecule has 0 saturated heterocycles. The summed E-state index contributed by atoms with van der Waals surface area (Å²) >= 11 is 0. The third-order valence-corrected chi connectivity index (χ3v) is 3.58. The van der Waals surface area contributed by atoms with E-state index in [9.17, 15) is 4.79 Å². The number of carbonyl (C=O) groups is 1. The van der Waals surface area contributed by atoms with Crippen LogP contribution in [-0.2, 0) is 11.3 Å². The molecule has 2 aromatic rings. The van der Waals surface area contributed by atoms with Crippen LogP contribution in [0.4, 0.5) is 0 Å². The van der Waals surface area contributed by atoms with Crippen molar-refractivity contribution in [3.8, 4) is 0 Å². The van der Waals surface area contributed by atoms with Crippen molar-refractivity contribution < 1.29 is 9.78 Å². The van der Waals surface area contributed by atoms with E-state index in [-0.39, 0.29) is 11.8 Å². The number of benzene rings is 1. The van der Waals surface area contributed by atoms with Crippen molar-refractivity contribution in [3.63, 3.8) is 0 Å². The summed E-state index contributed by atoms with van der Waals surface area (Å²) in [5, 5.41) is 2.99. The van der Waals surface area contributed by atoms with Crippen molar-refractivity contribution in [3.05, 3.63) is 66.0 Å². The summed E-state index contributed by atoms with van der Waals surface area (Å²) in [7, 11) is 0. The molecule has 1 saturated carbocycles. The Morgan fingerprint density at radius 1 is 1.16 bits per heavy atom. The van der Waals surface area contributed by atoms with E-state index in [4.69, 9.17) is 0 Å². The van der Waals surface area contributed by atoms with Gasteiger partial charge in [-0.1, -0.05) is 36.4 Å². The third kappa shape index (κ3) is 2.81. The highest BCUT2D eigenvalue weighted by atomic mass is 16.2. The second kappa shape index (κ2) is 5.22. The molecule has 1 aromatic carbocycles. The van der Waals surface area contributed by atoms with Crippen LogP contribution in [-0.4, -0.2) is 5.91 Å². The molecule has 1 amide bonds. The van der Waals surface area contributed by atoms with E-state index in [2.05, 4.69) is 22.4 Å². The molecule has 1 aromatic heterocycles. The molecule has 3 nitrogen and oxygen atoms in total. The number of rotatable bonds is 4. The van der Waals surface area contributed by atoms with Gasteiger partial charge in [0.05, 0.1) is 0 Å². The molecule has 19 heavy (non-hydrogen) atoms. The number of carbonyl (C=O) groups excluding carboxylic acids is 1. The van der Waals surface area contributed by atoms with Gasteiger partial charge in [-0.25, -0.2) is 4.98 Å². The lowest BCUT2D eigenvalue weighted by Gasteiger charge is -2.02. The minimum absolute atomic E-state index is 0.145. The van der Waals surface area contributed by atoms with Gasteiger partial charge in [-0.3, -0.25) is 4.79 Å². The third-order valence-electron chi connectivity index (χ3n) is 3.58. The molecule has 2 unspecified atom stereocenters. The zero-order valence-corrected chi connectivity index (χ0v) is 10.7. The number of aromatic amines is 1. The Hall–Kier alpha value is -2.16. The normalized spacial score (nSPS) is 20.8. The molecule has 1 heterocycles. The maximum atomic E-state index is 12.0. The number of nitrogens with one attached hydrogen (secondary N) is 2. The molecule has 0 radical (unpaired) electrons. The van der Waals surface area contributed by atoms with Gasteiger partial charge in [-0.2, -0.15) is 0 Å². The molecule has 3 rings (SSSR count). The Labute approximate surface area is 112 Å². The lowest BCUT2D eigenvalue weighted by molar-refractivity contribution is -0.390. The predicted octanol–water partition coefficient (Wildman–Crippen LogP) is 1.92. The van der Waals surface area contributed by atoms with Crippen molar-refractivity contribution in [2.75, 3.05) is 0 Å². The summed E-state index contributed by atoms with van der Waals surface area (Å²) in [6, 6.07) is 16.1. The molecule has 0 bridgehead atoms. The van der Waals surface area contributed by atoms with Gasteiger partial charge in [0.15, 0.2) is 11.9 Å². The summed E-state index contributed by atoms with van der Waals surface area (Å²) in [4.78, 5) is 15.1. The average molecular weight is 253 g/mol. The van der Waals surface area contributed by atoms with Gasteiger partial charge >= 0.3 is 0 Å². The number of hydrogen-bond acceptors (Lipinski definition) is 1. The van der Waals surface area contributed by atoms with Gasteiger partial charge < -0.3 is 5.32 Å². The van der Waals surface area contributed by atoms with Crippen LogP contribution in [0.3, 0.4) is 0 Å². The SMILES string of the molecule is O=C(NCc1cccc[nH+]1)C1CC1c1ccccc1. The number of aromatic nitrogens is 1. The Bertz CT molecular complexity index is 553. The molecule has 3 heteroatoms. The van der Waals surface area contributed by atoms with Crippen molar-refractivity contribution in [1.82, 2.24) is 5.32 Å². The van der Waals surface area contributed by atoms with E-state index in [1.807, 2.05) is 42.6 Å². The molecule has 2 atom stereocenters. The zero-order chi connectivity index (χ0) is 13.1. The summed E-state index contributed by atoms with van der Waals surface area (Å²) in [5.41, 5.74) is 2.29. The quantitative estimate of drug-likeness (QED) is 0.888. The first-order valence-electron chi connectivity index (χ1n) is 6.63. The summed E-state index contributed by atoms with van der Waals surface area (Å²) in [5.74, 6) is 0.707. The Morgan fingerprint density at radius 2 is 1.95 bits per heavy atom. The molecule has 96 valence electrons. The molecule has 0 aliphatic heterocycles. The lowest BCUT2D eigenvalue weighted by Crippen LogP contribution is -2.28. The first-order valence-corrected chi connectivity index (χ1v) is 6.63. The van der Waals surface area contributed by atoms with Crippen LogP contribution in [0.1, 0.15) is 23.6 Å². The molecule has 1 aliphatic carbocycles. The first kappa shape index (κ1) is 11.9. The molecule has 2 N–H and O–H groups in total. The van der Waals surface area contributed by atoms with E-state index in [0.717, 1.165) is 12.1 Å². The van der Waals surface area contributed by atoms with Gasteiger partial charge in [0, 0.05) is 18.1 Å². The Morgan fingerprint density at radius 3 is 2.68 bits per heavy atom. The fourth-order valence-electron chi connectivity index (χ4n) is 2.41. The van der Waals surface area contributed by atoms with Gasteiger partial charge in [0.2, 0.25) is 5.91 Å². The summed E-state index contributed by atoms with van der Waals surface area (Å²) < 4.78 is 0. The minimum atomic E-state index is 0.145. The standard InChI is InChI=1S/C16H16N2O/c19-16(18-11-13-8-4-5-9-17-13)15-10-14(15)12-6-2-1-3-7-12/h1-9,14-15H,10-11H2,(H,18,19)/p+1. The molecule has 0 spiro atoms. The Balaban J connectivity index is 1.53. The fraction of sp³-hybridized carbons (Fsp3) is 0.250. The van der Waals surface area contributed by atoms with Crippen LogP contribution in [0.2, 0.25) is 0 Å². The van der Waals surface area contributed by atoms with Crippen molar-refractivity contribution in [2.24, 2.45) is 5.92 Å². The van der Waals surface area contributed by atoms with E-state index in [1.54, 1.807) is 0 Å². The topological polar surface area (TPSA) is 43.2 Å². The fourth-order valence-corrected chi connectivity index (χ4v) is 2.41. The van der Waals surface area contributed by atoms with Crippen molar-refractivity contribution >= 4 is 5.91 Å². The zero-order valence-electron chi connectivity index (χ0n) is 10.7. The molecular weight excluding hydrogens is 236 g/mol. The first-order chi connectivity index (χ1) is 9.34. The maximum absolute atomic E-state index is 12.0. The molecule has 1 aliphatic rings. The summed E-state index contributed by atoms with van der Waals surface area (Å²) in [6.07, 6.45) is 2.83. The van der Waals surface area contributed by atoms with Crippen LogP contribution in [0.25, 0.3) is 0 Å². The number of pyridine rings is 1. The van der Waals surface area contributed by atoms with Gasteiger partial charge in [-0.05, 0) is 17.9 Å². The van der Waals surface area contributed by atoms with Gasteiger partial charge in [0.25, 0.3) is 0 Å². The van der Waals surface area contributed by atoms with E-state index < -0.39 is 0 Å². The van der Waals surface area contributed by atoms with Gasteiger partial charge in [0.1, 0.15) is 6.54 Å².